The van der Waals surface area contributed by atoms with Crippen LogP contribution in [-0.4, -0.2) is 28.0 Å². The number of pyridine rings is 1. The van der Waals surface area contributed by atoms with Gasteiger partial charge in [-0.2, -0.15) is 15.9 Å². The van der Waals surface area contributed by atoms with Crippen LogP contribution in [0.25, 0.3) is 0 Å². The Bertz CT molecular complexity index is 147. The van der Waals surface area contributed by atoms with Gasteiger partial charge in [-0.05, 0) is 6.20 Å². The zero-order valence-electron chi connectivity index (χ0n) is 4.64. The van der Waals surface area contributed by atoms with E-state index in [4.69, 9.17) is 0 Å². The molecule has 1 aromatic rings. The number of nitrogens with zero attached hydrogens (tertiary/aromatic N) is 1. The molecule has 0 aromatic carbocycles. The first-order valence-corrected chi connectivity index (χ1v) is 2.65. The molecule has 0 saturated heterocycles. The van der Waals surface area contributed by atoms with Gasteiger partial charge in [-0.15, -0.1) is 4.47 Å². The summed E-state index contributed by atoms with van der Waals surface area (Å²) in [7, 11) is 0. The second kappa shape index (κ2) is 6.80. The Hall–Kier alpha value is 0.686. The molecular formula is C5H3BrClMgN. The Morgan fingerprint density at radius 2 is 2.22 bits per heavy atom. The fourth-order valence-electron chi connectivity index (χ4n) is 0.306. The summed E-state index contributed by atoms with van der Waals surface area (Å²) < 4.78 is 0.968. The summed E-state index contributed by atoms with van der Waals surface area (Å²) in [5.74, 6) is 0. The van der Waals surface area contributed by atoms with Gasteiger partial charge in [0.15, 0.2) is 0 Å². The molecule has 0 amide bonds. The molecule has 1 aromatic heterocycles. The first kappa shape index (κ1) is 12.4. The molecule has 1 nitrogen and oxygen atoms in total. The van der Waals surface area contributed by atoms with Gasteiger partial charge in [0.05, 0.1) is 0 Å². The molecule has 0 bridgehead atoms. The molecule has 0 spiro atoms. The van der Waals surface area contributed by atoms with E-state index in [1.807, 2.05) is 6.07 Å². The van der Waals surface area contributed by atoms with Crippen LogP contribution in [0.15, 0.2) is 22.9 Å². The number of aromatic nitrogens is 1. The quantitative estimate of drug-likeness (QED) is 0.371. The van der Waals surface area contributed by atoms with Gasteiger partial charge in [0.2, 0.25) is 0 Å². The van der Waals surface area contributed by atoms with Crippen LogP contribution >= 0.6 is 15.9 Å². The molecule has 44 valence electrons. The summed E-state index contributed by atoms with van der Waals surface area (Å²) in [5, 5.41) is 0. The van der Waals surface area contributed by atoms with Crippen molar-refractivity contribution in [3.05, 3.63) is 29.0 Å². The molecule has 0 aliphatic heterocycles. The van der Waals surface area contributed by atoms with Gasteiger partial charge in [-0.1, -0.05) is 6.20 Å². The predicted molar refractivity (Wildman–Crippen MR) is 36.5 cm³/mol. The van der Waals surface area contributed by atoms with E-state index in [1.54, 1.807) is 12.4 Å². The third-order valence-corrected chi connectivity index (χ3v) is 1.00. The summed E-state index contributed by atoms with van der Waals surface area (Å²) in [6.07, 6.45) is 3.33. The number of halogens is 2. The fraction of sp³-hybridized carbons (Fsp3) is 0. The molecule has 1 heterocycles. The molecule has 0 aliphatic carbocycles. The summed E-state index contributed by atoms with van der Waals surface area (Å²) >= 11 is 3.22. The van der Waals surface area contributed by atoms with Crippen molar-refractivity contribution in [3.63, 3.8) is 0 Å². The molecule has 1 rings (SSSR count). The summed E-state index contributed by atoms with van der Waals surface area (Å²) in [5.41, 5.74) is 0. The first-order valence-electron chi connectivity index (χ1n) is 1.86. The Balaban J connectivity index is 0. The molecule has 0 atom stereocenters. The van der Waals surface area contributed by atoms with Gasteiger partial charge in [0, 0.05) is 0 Å². The summed E-state index contributed by atoms with van der Waals surface area (Å²) in [6.45, 7) is 0. The van der Waals surface area contributed by atoms with Gasteiger partial charge in [0.1, 0.15) is 0 Å². The normalized spacial score (nSPS) is 6.78. The number of rotatable bonds is 0. The van der Waals surface area contributed by atoms with E-state index in [0.717, 1.165) is 4.47 Å². The Morgan fingerprint density at radius 3 is 2.44 bits per heavy atom. The van der Waals surface area contributed by atoms with Gasteiger partial charge in [0.25, 0.3) is 0 Å². The van der Waals surface area contributed by atoms with Crippen LogP contribution in [0.2, 0.25) is 0 Å². The van der Waals surface area contributed by atoms with Crippen molar-refractivity contribution in [2.24, 2.45) is 0 Å². The van der Waals surface area contributed by atoms with Gasteiger partial charge in [-0.25, -0.2) is 12.1 Å². The standard InChI is InChI=1S/C5H3BrN.ClH.Mg/c6-5-2-1-3-7-4-5;;/h2-4H;1H;/q-1;;+2/p-1. The smallest absolute Gasteiger partial charge is 1.00 e. The molecule has 0 unspecified atom stereocenters. The first-order chi connectivity index (χ1) is 3.39. The number of hydrogen-bond donors (Lipinski definition) is 0. The molecule has 0 fully saturated rings. The number of hydrogen-bond acceptors (Lipinski definition) is 1. The maximum absolute atomic E-state index is 3.78. The minimum absolute atomic E-state index is 0. The van der Waals surface area contributed by atoms with Crippen LogP contribution in [-0.2, 0) is 0 Å². The largest absolute Gasteiger partial charge is 2.00 e. The van der Waals surface area contributed by atoms with Gasteiger partial charge >= 0.3 is 23.1 Å². The van der Waals surface area contributed by atoms with Crippen LogP contribution < -0.4 is 12.4 Å². The van der Waals surface area contributed by atoms with E-state index in [2.05, 4.69) is 27.0 Å². The van der Waals surface area contributed by atoms with E-state index in [0.29, 0.717) is 0 Å². The van der Waals surface area contributed by atoms with E-state index >= 15 is 0 Å². The molecule has 0 N–H and O–H groups in total. The zero-order valence-corrected chi connectivity index (χ0v) is 8.40. The van der Waals surface area contributed by atoms with Crippen molar-refractivity contribution in [1.29, 1.82) is 0 Å². The van der Waals surface area contributed by atoms with Crippen molar-refractivity contribution in [2.75, 3.05) is 0 Å². The molecule has 0 radical (unpaired) electrons. The predicted octanol–water partition coefficient (Wildman–Crippen LogP) is -1.73. The van der Waals surface area contributed by atoms with E-state index in [9.17, 15) is 0 Å². The van der Waals surface area contributed by atoms with Gasteiger partial charge < -0.3 is 17.4 Å². The van der Waals surface area contributed by atoms with Crippen molar-refractivity contribution in [1.82, 2.24) is 4.98 Å². The van der Waals surface area contributed by atoms with Crippen LogP contribution in [0, 0.1) is 6.07 Å². The molecule has 0 saturated carbocycles. The monoisotopic (exact) mass is 215 g/mol. The minimum Gasteiger partial charge on any atom is -1.00 e. The average molecular weight is 217 g/mol. The summed E-state index contributed by atoms with van der Waals surface area (Å²) in [6, 6.07) is 4.62. The van der Waals surface area contributed by atoms with Crippen LogP contribution in [0.5, 0.6) is 0 Å². The minimum atomic E-state index is 0. The van der Waals surface area contributed by atoms with Gasteiger partial charge in [-0.3, -0.25) is 0 Å². The van der Waals surface area contributed by atoms with Crippen molar-refractivity contribution >= 4 is 39.0 Å². The van der Waals surface area contributed by atoms with Crippen molar-refractivity contribution in [3.8, 4) is 0 Å². The Kier molecular flexibility index (Phi) is 9.35. The maximum Gasteiger partial charge on any atom is 2.00 e. The van der Waals surface area contributed by atoms with E-state index in [1.165, 1.54) is 0 Å². The van der Waals surface area contributed by atoms with Crippen molar-refractivity contribution < 1.29 is 12.4 Å². The zero-order chi connectivity index (χ0) is 5.11. The SMILES string of the molecule is Brc1c[c-]cnc1.[Cl-].[Mg+2]. The second-order valence-corrected chi connectivity index (χ2v) is 2.02. The Morgan fingerprint density at radius 1 is 1.56 bits per heavy atom. The molecular weight excluding hydrogens is 214 g/mol. The van der Waals surface area contributed by atoms with Crippen LogP contribution in [0.3, 0.4) is 0 Å². The van der Waals surface area contributed by atoms with E-state index in [-0.39, 0.29) is 35.5 Å². The average Bonchev–Trinajstić information content (AvgIpc) is 1.69. The molecule has 0 aliphatic rings. The fourth-order valence-corrected chi connectivity index (χ4v) is 0.556. The van der Waals surface area contributed by atoms with Crippen LogP contribution in [0.4, 0.5) is 0 Å². The topological polar surface area (TPSA) is 12.9 Å². The Labute approximate surface area is 84.9 Å². The van der Waals surface area contributed by atoms with Crippen LogP contribution in [0.1, 0.15) is 0 Å². The van der Waals surface area contributed by atoms with Crippen molar-refractivity contribution in [2.45, 2.75) is 0 Å². The molecule has 4 heteroatoms. The summed E-state index contributed by atoms with van der Waals surface area (Å²) in [4.78, 5) is 3.78. The third-order valence-electron chi connectivity index (χ3n) is 0.568. The van der Waals surface area contributed by atoms with E-state index < -0.39 is 0 Å². The molecule has 9 heavy (non-hydrogen) atoms. The third kappa shape index (κ3) is 5.15. The maximum atomic E-state index is 3.78. The second-order valence-electron chi connectivity index (χ2n) is 1.10.